The maximum absolute atomic E-state index is 13.1. The molecule has 372 valence electrons. The predicted molar refractivity (Wildman–Crippen MR) is 260 cm³/mol. The smallest absolute Gasteiger partial charge is 0.305 e. The number of rotatable bonds is 26. The Labute approximate surface area is 402 Å². The number of aliphatic hydroxyl groups excluding tert-OH is 2. The molecule has 7 rings (SSSR count). The highest BCUT2D eigenvalue weighted by molar-refractivity contribution is 5.73. The first kappa shape index (κ1) is 50.9. The maximum atomic E-state index is 13.1. The van der Waals surface area contributed by atoms with Gasteiger partial charge in [0.1, 0.15) is 26.4 Å². The summed E-state index contributed by atoms with van der Waals surface area (Å²) in [4.78, 5) is 52.3. The normalized spacial score (nSPS) is 26.4. The molecule has 0 radical (unpaired) electrons. The van der Waals surface area contributed by atoms with E-state index in [4.69, 9.17) is 18.9 Å². The molecule has 1 aromatic carbocycles. The van der Waals surface area contributed by atoms with Gasteiger partial charge in [-0.2, -0.15) is 0 Å². The van der Waals surface area contributed by atoms with Gasteiger partial charge in [0.15, 0.2) is 11.3 Å². The van der Waals surface area contributed by atoms with Crippen molar-refractivity contribution in [2.24, 2.45) is 29.6 Å². The van der Waals surface area contributed by atoms with Crippen molar-refractivity contribution < 1.29 is 48.3 Å². The van der Waals surface area contributed by atoms with E-state index in [9.17, 15) is 29.4 Å². The van der Waals surface area contributed by atoms with Gasteiger partial charge in [-0.25, -0.2) is 0 Å². The fourth-order valence-corrected chi connectivity index (χ4v) is 10.8. The minimum Gasteiger partial charge on any atom is -0.462 e. The Hall–Kier alpha value is -4.92. The zero-order chi connectivity index (χ0) is 48.3. The first-order chi connectivity index (χ1) is 33.0. The molecule has 0 aromatic heterocycles. The first-order valence-corrected chi connectivity index (χ1v) is 25.7. The summed E-state index contributed by atoms with van der Waals surface area (Å²) in [5, 5.41) is 39.5. The van der Waals surface area contributed by atoms with Gasteiger partial charge in [0, 0.05) is 84.0 Å². The lowest BCUT2D eigenvalue weighted by Gasteiger charge is -2.56. The van der Waals surface area contributed by atoms with Crippen LogP contribution in [-0.2, 0) is 38.1 Å². The molecule has 0 amide bonds. The van der Waals surface area contributed by atoms with Crippen molar-refractivity contribution in [2.75, 3.05) is 31.7 Å². The van der Waals surface area contributed by atoms with Crippen LogP contribution in [0.3, 0.4) is 0 Å². The minimum absolute atomic E-state index is 0.0325. The molecule has 14 nitrogen and oxygen atoms in total. The summed E-state index contributed by atoms with van der Waals surface area (Å²) in [7, 11) is 0. The summed E-state index contributed by atoms with van der Waals surface area (Å²) in [5.41, 5.74) is 2.62. The van der Waals surface area contributed by atoms with Crippen LogP contribution in [0.2, 0.25) is 0 Å². The van der Waals surface area contributed by atoms with Crippen LogP contribution in [0.15, 0.2) is 71.6 Å². The van der Waals surface area contributed by atoms with Crippen LogP contribution >= 0.6 is 0 Å². The molecule has 2 aliphatic heterocycles. The number of allylic oxidation sites excluding steroid dienone is 5. The van der Waals surface area contributed by atoms with E-state index >= 15 is 0 Å². The van der Waals surface area contributed by atoms with Gasteiger partial charge in [0.25, 0.3) is 0 Å². The van der Waals surface area contributed by atoms with Crippen molar-refractivity contribution in [3.8, 4) is 0 Å². The summed E-state index contributed by atoms with van der Waals surface area (Å²) in [6, 6.07) is 5.46. The molecule has 2 heterocycles. The van der Waals surface area contributed by atoms with Crippen molar-refractivity contribution in [3.63, 3.8) is 0 Å². The van der Waals surface area contributed by atoms with Gasteiger partial charge in [-0.1, -0.05) is 128 Å². The van der Waals surface area contributed by atoms with E-state index in [-0.39, 0.29) is 87.8 Å². The molecule has 6 unspecified atom stereocenters. The van der Waals surface area contributed by atoms with Crippen LogP contribution in [0.25, 0.3) is 6.08 Å². The lowest BCUT2D eigenvalue weighted by molar-refractivity contribution is -0.158. The highest BCUT2D eigenvalue weighted by Crippen LogP contribution is 2.54. The fourth-order valence-electron chi connectivity index (χ4n) is 10.8. The number of aliphatic hydroxyl groups is 2. The van der Waals surface area contributed by atoms with E-state index in [1.807, 2.05) is 48.6 Å². The van der Waals surface area contributed by atoms with Crippen LogP contribution < -0.4 is 21.3 Å². The van der Waals surface area contributed by atoms with Crippen molar-refractivity contribution in [2.45, 2.75) is 160 Å². The quantitative estimate of drug-likeness (QED) is 0.0298. The number of unbranched alkanes of at least 4 members (excludes halogenated alkanes) is 8. The third-order valence-electron chi connectivity index (χ3n) is 14.5. The number of esters is 4. The molecule has 1 aromatic rings. The average molecular weight is 941 g/mol. The molecule has 6 N–H and O–H groups in total. The third-order valence-corrected chi connectivity index (χ3v) is 14.5. The van der Waals surface area contributed by atoms with Crippen LogP contribution in [0.1, 0.15) is 148 Å². The SMILES string of the molecule is CCCCCC(=O)OCC1(COC(=O)CCCCC)NC2=CC=CC3C=CC(C4C(O)C(C5C=Cc6cccc7c6C5NC(COC(=O)CCCCC)(COC(=O)CCCCC)N7)C4O)=C(N1)C23. The van der Waals surface area contributed by atoms with E-state index in [1.54, 1.807) is 0 Å². The lowest BCUT2D eigenvalue weighted by Crippen LogP contribution is -2.69. The zero-order valence-electron chi connectivity index (χ0n) is 40.7. The number of hydrogen-bond acceptors (Lipinski definition) is 14. The highest BCUT2D eigenvalue weighted by atomic mass is 16.6. The number of hydrogen-bond donors (Lipinski definition) is 6. The topological polar surface area (TPSA) is 194 Å². The maximum Gasteiger partial charge on any atom is 0.305 e. The van der Waals surface area contributed by atoms with Crippen molar-refractivity contribution in [3.05, 3.63) is 82.7 Å². The second-order valence-electron chi connectivity index (χ2n) is 19.8. The highest BCUT2D eigenvalue weighted by Gasteiger charge is 2.59. The second-order valence-corrected chi connectivity index (χ2v) is 19.8. The van der Waals surface area contributed by atoms with Crippen LogP contribution in [0.5, 0.6) is 0 Å². The summed E-state index contributed by atoms with van der Waals surface area (Å²) in [6.45, 7) is 7.82. The number of ether oxygens (including phenoxy) is 4. The summed E-state index contributed by atoms with van der Waals surface area (Å²) in [5.74, 6) is -3.34. The van der Waals surface area contributed by atoms with Crippen molar-refractivity contribution in [1.29, 1.82) is 0 Å². The van der Waals surface area contributed by atoms with Gasteiger partial charge in [-0.05, 0) is 49.0 Å². The Balaban J connectivity index is 1.17. The van der Waals surface area contributed by atoms with Crippen molar-refractivity contribution in [1.82, 2.24) is 16.0 Å². The van der Waals surface area contributed by atoms with Crippen LogP contribution in [-0.4, -0.2) is 84.1 Å². The Morgan fingerprint density at radius 1 is 0.618 bits per heavy atom. The molecule has 1 saturated heterocycles. The zero-order valence-corrected chi connectivity index (χ0v) is 40.7. The van der Waals surface area contributed by atoms with Gasteiger partial charge >= 0.3 is 23.9 Å². The molecular formula is C54H76N4O10. The number of carbonyl (C=O) groups excluding carboxylic acids is 4. The van der Waals surface area contributed by atoms with Gasteiger partial charge in [0.2, 0.25) is 0 Å². The Bertz CT molecular complexity index is 2050. The lowest BCUT2D eigenvalue weighted by atomic mass is 9.56. The molecule has 6 atom stereocenters. The number of nitrogens with one attached hydrogen (secondary N) is 4. The van der Waals surface area contributed by atoms with Gasteiger partial charge in [-0.15, -0.1) is 0 Å². The summed E-state index contributed by atoms with van der Waals surface area (Å²) >= 11 is 0. The van der Waals surface area contributed by atoms with Gasteiger partial charge in [0.05, 0.1) is 12.2 Å². The van der Waals surface area contributed by atoms with Crippen LogP contribution in [0.4, 0.5) is 5.69 Å². The average Bonchev–Trinajstić information content (AvgIpc) is 3.33. The van der Waals surface area contributed by atoms with E-state index in [0.717, 1.165) is 85.1 Å². The molecule has 68 heavy (non-hydrogen) atoms. The minimum atomic E-state index is -1.23. The van der Waals surface area contributed by atoms with E-state index in [2.05, 4.69) is 61.1 Å². The second kappa shape index (κ2) is 23.6. The molecule has 14 heteroatoms. The number of carbonyl (C=O) groups is 4. The fraction of sp³-hybridized carbons (Fsp3) is 0.630. The number of benzene rings is 1. The Morgan fingerprint density at radius 3 is 1.68 bits per heavy atom. The van der Waals surface area contributed by atoms with E-state index in [1.165, 1.54) is 0 Å². The standard InChI is InChI=1S/C54H76N4O10/c1-5-9-13-23-41(59)65-31-53(32-66-42(60)24-14-10-6-2)55-39-21-17-19-35-27-29-37(49(57-53)45(35)39)47-51(63)48(52(47)64)38-30-28-36-20-18-22-40-46(36)50(38)58-54(56-40,33-67-43(61)25-15-11-7-3)34-68-44(62)26-16-12-8-4/h17-22,27-30,35,38,45,47-48,50-52,55-58,63-64H,5-16,23-26,31-34H2,1-4H3. The largest absolute Gasteiger partial charge is 0.462 e. The predicted octanol–water partition coefficient (Wildman–Crippen LogP) is 7.94. The van der Waals surface area contributed by atoms with E-state index in [0.29, 0.717) is 25.7 Å². The molecule has 2 fully saturated rings. The summed E-state index contributed by atoms with van der Waals surface area (Å²) < 4.78 is 23.7. The van der Waals surface area contributed by atoms with E-state index < -0.39 is 47.3 Å². The molecule has 4 aliphatic carbocycles. The van der Waals surface area contributed by atoms with Gasteiger partial charge < -0.3 is 45.1 Å². The van der Waals surface area contributed by atoms with Crippen LogP contribution in [0, 0.1) is 29.6 Å². The summed E-state index contributed by atoms with van der Waals surface area (Å²) in [6.07, 6.45) is 23.7. The third kappa shape index (κ3) is 11.7. The molecule has 0 bridgehead atoms. The molecular weight excluding hydrogens is 865 g/mol. The van der Waals surface area contributed by atoms with Gasteiger partial charge in [-0.3, -0.25) is 24.5 Å². The molecule has 1 saturated carbocycles. The number of anilines is 1. The molecule has 6 aliphatic rings. The Morgan fingerprint density at radius 2 is 1.15 bits per heavy atom. The van der Waals surface area contributed by atoms with Crippen molar-refractivity contribution >= 4 is 35.6 Å². The molecule has 0 spiro atoms. The monoisotopic (exact) mass is 941 g/mol. The Kier molecular flexibility index (Phi) is 17.7. The first-order valence-electron chi connectivity index (χ1n) is 25.7.